The molecular formula is C32H20O2S8. The lowest BCUT2D eigenvalue weighted by molar-refractivity contribution is 0.103. The van der Waals surface area contributed by atoms with Crippen molar-refractivity contribution >= 4 is 121 Å². The Bertz CT molecular complexity index is 1910. The maximum atomic E-state index is 12.5. The number of hydrogen-bond donors (Lipinski definition) is 0. The van der Waals surface area contributed by atoms with Gasteiger partial charge in [-0.15, -0.1) is 45.3 Å². The number of ketones is 2. The van der Waals surface area contributed by atoms with Gasteiger partial charge in [0.25, 0.3) is 0 Å². The normalized spacial score (nSPS) is 11.2. The van der Waals surface area contributed by atoms with E-state index in [1.807, 2.05) is 67.1 Å². The Morgan fingerprint density at radius 3 is 1.24 bits per heavy atom. The maximum Gasteiger partial charge on any atom is 0.196 e. The first-order valence-electron chi connectivity index (χ1n) is 12.8. The van der Waals surface area contributed by atoms with E-state index in [4.69, 9.17) is 0 Å². The molecule has 0 aliphatic rings. The van der Waals surface area contributed by atoms with Gasteiger partial charge < -0.3 is 0 Å². The molecule has 0 saturated carbocycles. The lowest BCUT2D eigenvalue weighted by Gasteiger charge is -1.94. The summed E-state index contributed by atoms with van der Waals surface area (Å²) in [6, 6.07) is 8.13. The first-order chi connectivity index (χ1) is 20.7. The largest absolute Gasteiger partial charge is 0.288 e. The van der Waals surface area contributed by atoms with Gasteiger partial charge in [-0.25, -0.2) is 0 Å². The van der Waals surface area contributed by atoms with Crippen LogP contribution in [0, 0.1) is 0 Å². The smallest absolute Gasteiger partial charge is 0.196 e. The van der Waals surface area contributed by atoms with Crippen molar-refractivity contribution in [1.82, 2.24) is 0 Å². The Morgan fingerprint density at radius 2 is 0.857 bits per heavy atom. The molecule has 8 aromatic heterocycles. The predicted octanol–water partition coefficient (Wildman–Crippen LogP) is 11.8. The van der Waals surface area contributed by atoms with Crippen LogP contribution < -0.4 is 0 Å². The summed E-state index contributed by atoms with van der Waals surface area (Å²) in [6.07, 6.45) is 2.14. The zero-order valence-corrected chi connectivity index (χ0v) is 28.3. The molecule has 0 saturated heterocycles. The van der Waals surface area contributed by atoms with Crippen molar-refractivity contribution in [3.63, 3.8) is 0 Å². The van der Waals surface area contributed by atoms with E-state index < -0.39 is 0 Å². The second-order valence-corrected chi connectivity index (χ2v) is 16.1. The third-order valence-electron chi connectivity index (χ3n) is 6.72. The van der Waals surface area contributed by atoms with Crippen molar-refractivity contribution in [3.05, 3.63) is 133 Å². The number of thiophene rings is 8. The van der Waals surface area contributed by atoms with Crippen molar-refractivity contribution in [3.8, 4) is 0 Å². The van der Waals surface area contributed by atoms with E-state index in [0.717, 1.165) is 22.2 Å². The number of carbonyl (C=O) groups is 2. The zero-order chi connectivity index (χ0) is 28.5. The molecule has 0 bridgehead atoms. The molecule has 208 valence electrons. The molecule has 0 fully saturated rings. The summed E-state index contributed by atoms with van der Waals surface area (Å²) in [5.41, 5.74) is 8.67. The minimum absolute atomic E-state index is 0.0314. The Balaban J connectivity index is 0.000000138. The standard InChI is InChI=1S/C16H8O2S4.C16H12S4/c17-13(9-1-3-19-5-9)11-7-21-16-12(8-22-15(11)16)14(18)10-2-4-20-6-10;1-3-17-7-11(1)5-13-9-19-16-14(10-20-15(13)16)6-12-2-4-18-8-12/h1-8H;1-4,7-10H,5-6H2. The quantitative estimate of drug-likeness (QED) is 0.149. The van der Waals surface area contributed by atoms with Gasteiger partial charge in [-0.2, -0.15) is 45.3 Å². The molecule has 2 nitrogen and oxygen atoms in total. The van der Waals surface area contributed by atoms with Crippen LogP contribution in [0.5, 0.6) is 0 Å². The van der Waals surface area contributed by atoms with Crippen molar-refractivity contribution < 1.29 is 9.59 Å². The Morgan fingerprint density at radius 1 is 0.452 bits per heavy atom. The molecule has 42 heavy (non-hydrogen) atoms. The van der Waals surface area contributed by atoms with E-state index in [2.05, 4.69) is 44.4 Å². The molecule has 0 atom stereocenters. The molecule has 0 aliphatic carbocycles. The van der Waals surface area contributed by atoms with Crippen LogP contribution in [0.25, 0.3) is 18.8 Å². The van der Waals surface area contributed by atoms with Gasteiger partial charge in [-0.05, 0) is 89.6 Å². The lowest BCUT2D eigenvalue weighted by atomic mass is 10.1. The minimum atomic E-state index is 0.0314. The molecule has 0 spiro atoms. The fraction of sp³-hybridized carbons (Fsp3) is 0.0625. The molecule has 8 heterocycles. The Hall–Kier alpha value is -2.54. The molecule has 8 rings (SSSR count). The van der Waals surface area contributed by atoms with Gasteiger partial charge in [0.2, 0.25) is 0 Å². The maximum absolute atomic E-state index is 12.5. The third-order valence-corrected chi connectivity index (χ3v) is 14.0. The molecule has 0 aliphatic heterocycles. The lowest BCUT2D eigenvalue weighted by Crippen LogP contribution is -1.97. The second-order valence-electron chi connectivity index (χ2n) is 9.44. The molecule has 0 amide bonds. The predicted molar refractivity (Wildman–Crippen MR) is 189 cm³/mol. The Kier molecular flexibility index (Phi) is 8.47. The van der Waals surface area contributed by atoms with E-state index in [1.54, 1.807) is 22.7 Å². The topological polar surface area (TPSA) is 34.1 Å². The van der Waals surface area contributed by atoms with Gasteiger partial charge >= 0.3 is 0 Å². The molecule has 8 aromatic rings. The van der Waals surface area contributed by atoms with E-state index in [9.17, 15) is 9.59 Å². The molecule has 0 aromatic carbocycles. The van der Waals surface area contributed by atoms with Crippen LogP contribution in [0.15, 0.2) is 88.8 Å². The summed E-state index contributed by atoms with van der Waals surface area (Å²) in [7, 11) is 0. The van der Waals surface area contributed by atoms with Crippen LogP contribution in [0.3, 0.4) is 0 Å². The summed E-state index contributed by atoms with van der Waals surface area (Å²) in [6.45, 7) is 0. The fourth-order valence-corrected chi connectivity index (χ4v) is 12.0. The molecule has 10 heteroatoms. The van der Waals surface area contributed by atoms with E-state index in [1.165, 1.54) is 77.0 Å². The van der Waals surface area contributed by atoms with Crippen LogP contribution in [0.1, 0.15) is 54.1 Å². The van der Waals surface area contributed by atoms with E-state index >= 15 is 0 Å². The van der Waals surface area contributed by atoms with E-state index in [-0.39, 0.29) is 11.6 Å². The SMILES string of the molecule is O=C(c1ccsc1)c1csc2c(C(=O)c3ccsc3)csc12.c1cc(Cc2csc3c(Cc4ccsc4)csc23)cs1. The highest BCUT2D eigenvalue weighted by molar-refractivity contribution is 7.27. The van der Waals surface area contributed by atoms with Crippen molar-refractivity contribution in [2.24, 2.45) is 0 Å². The summed E-state index contributed by atoms with van der Waals surface area (Å²) in [5, 5.41) is 24.8. The van der Waals surface area contributed by atoms with Gasteiger partial charge in [0.05, 0.1) is 20.5 Å². The summed E-state index contributed by atoms with van der Waals surface area (Å²) >= 11 is 13.4. The first-order valence-corrected chi connectivity index (χ1v) is 20.1. The zero-order valence-electron chi connectivity index (χ0n) is 21.7. The monoisotopic (exact) mass is 692 g/mol. The minimum Gasteiger partial charge on any atom is -0.288 e. The third kappa shape index (κ3) is 5.70. The van der Waals surface area contributed by atoms with Crippen LogP contribution in [-0.4, -0.2) is 11.6 Å². The highest BCUT2D eigenvalue weighted by atomic mass is 32.1. The second kappa shape index (κ2) is 12.6. The van der Waals surface area contributed by atoms with Crippen LogP contribution in [0.2, 0.25) is 0 Å². The molecule has 0 N–H and O–H groups in total. The van der Waals surface area contributed by atoms with E-state index in [0.29, 0.717) is 22.3 Å². The van der Waals surface area contributed by atoms with Crippen LogP contribution in [0.4, 0.5) is 0 Å². The highest BCUT2D eigenvalue weighted by Crippen LogP contribution is 2.38. The molecule has 0 unspecified atom stereocenters. The molecular weight excluding hydrogens is 673 g/mol. The number of fused-ring (bicyclic) bond motifs is 2. The van der Waals surface area contributed by atoms with Gasteiger partial charge in [0.1, 0.15) is 0 Å². The first kappa shape index (κ1) is 28.2. The van der Waals surface area contributed by atoms with Crippen LogP contribution >= 0.6 is 90.7 Å². The van der Waals surface area contributed by atoms with Crippen molar-refractivity contribution in [2.75, 3.05) is 0 Å². The Labute approximate surface area is 274 Å². The van der Waals surface area contributed by atoms with Crippen molar-refractivity contribution in [1.29, 1.82) is 0 Å². The molecule has 0 radical (unpaired) electrons. The van der Waals surface area contributed by atoms with Gasteiger partial charge in [0, 0.05) is 54.9 Å². The average Bonchev–Trinajstić information content (AvgIpc) is 3.84. The van der Waals surface area contributed by atoms with Gasteiger partial charge in [0.15, 0.2) is 11.6 Å². The number of rotatable bonds is 8. The fourth-order valence-electron chi connectivity index (χ4n) is 4.62. The summed E-state index contributed by atoms with van der Waals surface area (Å²) < 4.78 is 4.82. The average molecular weight is 693 g/mol. The summed E-state index contributed by atoms with van der Waals surface area (Å²) in [4.78, 5) is 25.1. The highest BCUT2D eigenvalue weighted by Gasteiger charge is 2.21. The number of hydrogen-bond acceptors (Lipinski definition) is 10. The van der Waals surface area contributed by atoms with Crippen LogP contribution in [-0.2, 0) is 12.8 Å². The summed E-state index contributed by atoms with van der Waals surface area (Å²) in [5.74, 6) is 0.0627. The van der Waals surface area contributed by atoms with Crippen molar-refractivity contribution in [2.45, 2.75) is 12.8 Å². The number of carbonyl (C=O) groups excluding carboxylic acids is 2. The van der Waals surface area contributed by atoms with Gasteiger partial charge in [-0.1, -0.05) is 0 Å². The van der Waals surface area contributed by atoms with Gasteiger partial charge in [-0.3, -0.25) is 9.59 Å².